The number of methoxy groups -OCH3 is 2. The number of phenols is 2. The van der Waals surface area contributed by atoms with Gasteiger partial charge in [0.2, 0.25) is 0 Å². The number of carbonyl (C=O) groups is 2. The van der Waals surface area contributed by atoms with E-state index in [4.69, 9.17) is 14.2 Å². The topological polar surface area (TPSA) is 102 Å². The minimum atomic E-state index is -0.967. The van der Waals surface area contributed by atoms with Gasteiger partial charge in [0.25, 0.3) is 0 Å². The Bertz CT molecular complexity index is 696. The Hall–Kier alpha value is -2.12. The summed E-state index contributed by atoms with van der Waals surface area (Å²) in [6.45, 7) is 1.71. The quantitative estimate of drug-likeness (QED) is 0.795. The van der Waals surface area contributed by atoms with Crippen LogP contribution in [0.3, 0.4) is 0 Å². The van der Waals surface area contributed by atoms with E-state index in [0.717, 1.165) is 6.07 Å². The molecule has 0 bridgehead atoms. The molecule has 124 valence electrons. The van der Waals surface area contributed by atoms with E-state index >= 15 is 0 Å². The van der Waals surface area contributed by atoms with Crippen LogP contribution in [0.1, 0.15) is 34.1 Å². The van der Waals surface area contributed by atoms with Crippen molar-refractivity contribution in [1.29, 1.82) is 0 Å². The van der Waals surface area contributed by atoms with Crippen LogP contribution in [0.4, 0.5) is 0 Å². The van der Waals surface area contributed by atoms with Gasteiger partial charge in [-0.3, -0.25) is 9.59 Å². The molecule has 7 heteroatoms. The number of rotatable bonds is 2. The Balaban J connectivity index is 2.15. The van der Waals surface area contributed by atoms with E-state index in [9.17, 15) is 19.8 Å². The van der Waals surface area contributed by atoms with Crippen LogP contribution in [0.5, 0.6) is 17.2 Å². The van der Waals surface area contributed by atoms with Gasteiger partial charge in [0.05, 0.1) is 30.8 Å². The molecule has 0 saturated carbocycles. The Labute approximate surface area is 132 Å². The van der Waals surface area contributed by atoms with Crippen LogP contribution in [0.2, 0.25) is 0 Å². The van der Waals surface area contributed by atoms with Crippen LogP contribution in [-0.2, 0) is 9.47 Å². The third-order valence-corrected chi connectivity index (χ3v) is 4.71. The first-order chi connectivity index (χ1) is 10.8. The first-order valence-electron chi connectivity index (χ1n) is 7.23. The first kappa shape index (κ1) is 15.8. The molecule has 3 atom stereocenters. The molecular weight excluding hydrogens is 304 g/mol. The van der Waals surface area contributed by atoms with Gasteiger partial charge in [-0.25, -0.2) is 0 Å². The lowest BCUT2D eigenvalue weighted by Gasteiger charge is -2.42. The predicted octanol–water partition coefficient (Wildman–Crippen LogP) is 1.50. The number of hydrogen-bond donors (Lipinski definition) is 2. The summed E-state index contributed by atoms with van der Waals surface area (Å²) >= 11 is 0. The van der Waals surface area contributed by atoms with E-state index in [1.807, 2.05) is 0 Å². The SMILES string of the molecule is COc1cc(O)c2c(c1O)C(=O)C1CC(C)(OC)OCC1C2=O. The minimum absolute atomic E-state index is 0.0191. The van der Waals surface area contributed by atoms with Crippen molar-refractivity contribution in [2.24, 2.45) is 11.8 Å². The molecule has 1 aliphatic heterocycles. The summed E-state index contributed by atoms with van der Waals surface area (Å²) in [6.07, 6.45) is 0.190. The number of hydrogen-bond acceptors (Lipinski definition) is 7. The monoisotopic (exact) mass is 322 g/mol. The zero-order valence-electron chi connectivity index (χ0n) is 13.1. The van der Waals surface area contributed by atoms with Crippen LogP contribution in [0.25, 0.3) is 0 Å². The van der Waals surface area contributed by atoms with Crippen molar-refractivity contribution in [3.8, 4) is 17.2 Å². The number of Topliss-reactive ketones (excluding diaryl/α,β-unsaturated/α-hetero) is 2. The zero-order chi connectivity index (χ0) is 16.9. The van der Waals surface area contributed by atoms with Crippen molar-refractivity contribution in [2.75, 3.05) is 20.8 Å². The molecular formula is C16H18O7. The lowest BCUT2D eigenvalue weighted by molar-refractivity contribution is -0.244. The minimum Gasteiger partial charge on any atom is -0.507 e. The second-order valence-electron chi connectivity index (χ2n) is 5.99. The number of carbonyl (C=O) groups excluding carboxylic acids is 2. The second-order valence-corrected chi connectivity index (χ2v) is 5.99. The van der Waals surface area contributed by atoms with Gasteiger partial charge in [-0.15, -0.1) is 0 Å². The molecule has 1 saturated heterocycles. The molecule has 3 unspecified atom stereocenters. The van der Waals surface area contributed by atoms with Gasteiger partial charge in [0.1, 0.15) is 5.75 Å². The zero-order valence-corrected chi connectivity index (χ0v) is 13.1. The molecule has 2 aliphatic rings. The molecule has 1 heterocycles. The summed E-state index contributed by atoms with van der Waals surface area (Å²) < 4.78 is 15.8. The standard InChI is InChI=1S/C16H18O7/c1-16(22-3)5-7-8(6-23-16)14(19)11-9(17)4-10(21-2)15(20)12(11)13(7)18/h4,7-8,17,20H,5-6H2,1-3H3. The van der Waals surface area contributed by atoms with E-state index in [-0.39, 0.29) is 35.7 Å². The first-order valence-corrected chi connectivity index (χ1v) is 7.23. The summed E-state index contributed by atoms with van der Waals surface area (Å²) in [7, 11) is 2.77. The number of ketones is 2. The largest absolute Gasteiger partial charge is 0.507 e. The fraction of sp³-hybridized carbons (Fsp3) is 0.500. The molecule has 1 fully saturated rings. The van der Waals surface area contributed by atoms with Crippen LogP contribution in [0.15, 0.2) is 6.07 Å². The van der Waals surface area contributed by atoms with Gasteiger partial charge in [-0.05, 0) is 6.92 Å². The summed E-state index contributed by atoms with van der Waals surface area (Å²) in [5, 5.41) is 20.3. The fourth-order valence-corrected chi connectivity index (χ4v) is 3.31. The highest BCUT2D eigenvalue weighted by atomic mass is 16.7. The van der Waals surface area contributed by atoms with Gasteiger partial charge in [-0.2, -0.15) is 0 Å². The van der Waals surface area contributed by atoms with E-state index in [2.05, 4.69) is 0 Å². The fourth-order valence-electron chi connectivity index (χ4n) is 3.31. The van der Waals surface area contributed by atoms with E-state index in [0.29, 0.717) is 0 Å². The number of aromatic hydroxyl groups is 2. The maximum Gasteiger partial charge on any atom is 0.173 e. The molecule has 23 heavy (non-hydrogen) atoms. The van der Waals surface area contributed by atoms with Crippen LogP contribution >= 0.6 is 0 Å². The van der Waals surface area contributed by atoms with Crippen molar-refractivity contribution in [3.63, 3.8) is 0 Å². The normalized spacial score (nSPS) is 29.9. The van der Waals surface area contributed by atoms with Crippen LogP contribution in [-0.4, -0.2) is 48.4 Å². The van der Waals surface area contributed by atoms with Gasteiger partial charge in [0, 0.05) is 25.5 Å². The summed E-state index contributed by atoms with van der Waals surface area (Å²) in [6, 6.07) is 1.13. The molecule has 2 N–H and O–H groups in total. The molecule has 1 aromatic rings. The number of benzene rings is 1. The van der Waals surface area contributed by atoms with Gasteiger partial charge < -0.3 is 24.4 Å². The van der Waals surface area contributed by atoms with E-state index in [1.54, 1.807) is 6.92 Å². The molecule has 0 radical (unpaired) electrons. The second kappa shape index (κ2) is 5.21. The van der Waals surface area contributed by atoms with E-state index in [1.165, 1.54) is 14.2 Å². The van der Waals surface area contributed by atoms with Crippen molar-refractivity contribution in [1.82, 2.24) is 0 Å². The van der Waals surface area contributed by atoms with Crippen molar-refractivity contribution in [3.05, 3.63) is 17.2 Å². The summed E-state index contributed by atoms with van der Waals surface area (Å²) in [4.78, 5) is 25.5. The number of phenolic OH excluding ortho intramolecular Hbond substituents is 2. The van der Waals surface area contributed by atoms with Crippen LogP contribution < -0.4 is 4.74 Å². The third kappa shape index (κ3) is 2.19. The smallest absolute Gasteiger partial charge is 0.173 e. The maximum atomic E-state index is 12.9. The molecule has 0 amide bonds. The van der Waals surface area contributed by atoms with Crippen molar-refractivity contribution < 1.29 is 34.0 Å². The molecule has 7 nitrogen and oxygen atoms in total. The average molecular weight is 322 g/mol. The average Bonchev–Trinajstić information content (AvgIpc) is 2.54. The molecule has 0 aromatic heterocycles. The molecule has 3 rings (SSSR count). The van der Waals surface area contributed by atoms with Gasteiger partial charge in [-0.1, -0.05) is 0 Å². The van der Waals surface area contributed by atoms with Gasteiger partial charge in [0.15, 0.2) is 28.9 Å². The van der Waals surface area contributed by atoms with Crippen molar-refractivity contribution in [2.45, 2.75) is 19.1 Å². The van der Waals surface area contributed by atoms with Crippen LogP contribution in [0, 0.1) is 11.8 Å². The lowest BCUT2D eigenvalue weighted by atomic mass is 9.70. The summed E-state index contributed by atoms with van der Waals surface area (Å²) in [5.74, 6) is -4.04. The Kier molecular flexibility index (Phi) is 3.57. The predicted molar refractivity (Wildman–Crippen MR) is 77.9 cm³/mol. The molecule has 1 aromatic carbocycles. The maximum absolute atomic E-state index is 12.9. The molecule has 0 spiro atoms. The number of fused-ring (bicyclic) bond motifs is 2. The highest BCUT2D eigenvalue weighted by Crippen LogP contribution is 2.48. The lowest BCUT2D eigenvalue weighted by Crippen LogP contribution is -2.50. The summed E-state index contributed by atoms with van der Waals surface area (Å²) in [5.41, 5.74) is -0.354. The molecule has 1 aliphatic carbocycles. The number of ether oxygens (including phenoxy) is 3. The Morgan fingerprint density at radius 3 is 2.43 bits per heavy atom. The Morgan fingerprint density at radius 1 is 1.17 bits per heavy atom. The van der Waals surface area contributed by atoms with Crippen molar-refractivity contribution >= 4 is 11.6 Å². The Morgan fingerprint density at radius 2 is 1.83 bits per heavy atom. The highest BCUT2D eigenvalue weighted by molar-refractivity contribution is 6.19. The van der Waals surface area contributed by atoms with E-state index < -0.39 is 34.9 Å². The third-order valence-electron chi connectivity index (χ3n) is 4.71. The van der Waals surface area contributed by atoms with Gasteiger partial charge >= 0.3 is 0 Å². The highest BCUT2D eigenvalue weighted by Gasteiger charge is 2.51.